The summed E-state index contributed by atoms with van der Waals surface area (Å²) in [6, 6.07) is 19.7. The number of carbonyl (C=O) groups excluding carboxylic acids is 1. The van der Waals surface area contributed by atoms with Gasteiger partial charge in [0, 0.05) is 10.4 Å². The van der Waals surface area contributed by atoms with Gasteiger partial charge in [0.1, 0.15) is 11.1 Å². The fourth-order valence-corrected chi connectivity index (χ4v) is 5.34. The van der Waals surface area contributed by atoms with Gasteiger partial charge in [0.15, 0.2) is 5.11 Å². The van der Waals surface area contributed by atoms with Gasteiger partial charge in [0.25, 0.3) is 5.91 Å². The molecule has 30 heavy (non-hydrogen) atoms. The van der Waals surface area contributed by atoms with Crippen molar-refractivity contribution >= 4 is 39.6 Å². The van der Waals surface area contributed by atoms with Crippen molar-refractivity contribution in [2.75, 3.05) is 5.32 Å². The normalized spacial score (nSPS) is 15.0. The number of fused-ring (bicyclic) bond motifs is 1. The van der Waals surface area contributed by atoms with E-state index >= 15 is 0 Å². The summed E-state index contributed by atoms with van der Waals surface area (Å²) in [6.07, 6.45) is 3.01. The van der Waals surface area contributed by atoms with Gasteiger partial charge in [-0.2, -0.15) is 5.26 Å². The third-order valence-electron chi connectivity index (χ3n) is 5.33. The van der Waals surface area contributed by atoms with Crippen molar-refractivity contribution in [1.29, 1.82) is 5.26 Å². The molecular weight excluding hydrogens is 410 g/mol. The Hall–Kier alpha value is -3.01. The molecule has 1 amide bonds. The van der Waals surface area contributed by atoms with Crippen molar-refractivity contribution in [3.8, 4) is 17.2 Å². The van der Waals surface area contributed by atoms with E-state index in [-0.39, 0.29) is 11.0 Å². The molecular formula is C24H21N3OS2. The number of hydrogen-bond acceptors (Lipinski definition) is 4. The molecule has 0 bridgehead atoms. The second-order valence-corrected chi connectivity index (χ2v) is 9.03. The van der Waals surface area contributed by atoms with Crippen molar-refractivity contribution < 1.29 is 4.79 Å². The quantitative estimate of drug-likeness (QED) is 0.535. The van der Waals surface area contributed by atoms with E-state index in [2.05, 4.69) is 23.6 Å². The Morgan fingerprint density at radius 1 is 1.13 bits per heavy atom. The summed E-state index contributed by atoms with van der Waals surface area (Å²) in [5.74, 6) is 0.349. The first-order valence-electron chi connectivity index (χ1n) is 9.87. The molecule has 1 aliphatic carbocycles. The Balaban J connectivity index is 1.43. The predicted octanol–water partition coefficient (Wildman–Crippen LogP) is 5.54. The fraction of sp³-hybridized carbons (Fsp3) is 0.208. The largest absolute Gasteiger partial charge is 0.323 e. The maximum atomic E-state index is 12.6. The van der Waals surface area contributed by atoms with Crippen LogP contribution in [0.15, 0.2) is 54.6 Å². The number of anilines is 1. The molecule has 6 heteroatoms. The van der Waals surface area contributed by atoms with E-state index in [1.807, 2.05) is 42.5 Å². The highest BCUT2D eigenvalue weighted by atomic mass is 32.1. The maximum absolute atomic E-state index is 12.6. The molecule has 1 atom stereocenters. The van der Waals surface area contributed by atoms with Crippen LogP contribution < -0.4 is 10.6 Å². The van der Waals surface area contributed by atoms with Crippen LogP contribution in [-0.4, -0.2) is 11.0 Å². The molecule has 4 nitrogen and oxygen atoms in total. The van der Waals surface area contributed by atoms with E-state index in [1.165, 1.54) is 4.88 Å². The van der Waals surface area contributed by atoms with Crippen LogP contribution in [0.1, 0.15) is 39.7 Å². The summed E-state index contributed by atoms with van der Waals surface area (Å²) in [7, 11) is 0. The molecule has 0 spiro atoms. The number of thiocarbonyl (C=S) groups is 1. The van der Waals surface area contributed by atoms with Gasteiger partial charge >= 0.3 is 0 Å². The molecule has 4 rings (SSSR count). The average Bonchev–Trinajstić information content (AvgIpc) is 3.10. The summed E-state index contributed by atoms with van der Waals surface area (Å²) in [4.78, 5) is 13.8. The predicted molar refractivity (Wildman–Crippen MR) is 126 cm³/mol. The van der Waals surface area contributed by atoms with Crippen molar-refractivity contribution in [3.63, 3.8) is 0 Å². The van der Waals surface area contributed by atoms with Gasteiger partial charge < -0.3 is 5.32 Å². The zero-order valence-electron chi connectivity index (χ0n) is 16.6. The lowest BCUT2D eigenvalue weighted by molar-refractivity contribution is 0.0978. The molecule has 0 saturated heterocycles. The van der Waals surface area contributed by atoms with Gasteiger partial charge in [-0.3, -0.25) is 10.1 Å². The number of amides is 1. The third-order valence-corrected chi connectivity index (χ3v) is 6.71. The maximum Gasteiger partial charge on any atom is 0.257 e. The number of nitriles is 1. The summed E-state index contributed by atoms with van der Waals surface area (Å²) in [5, 5.41) is 16.3. The van der Waals surface area contributed by atoms with E-state index in [9.17, 15) is 10.1 Å². The highest BCUT2D eigenvalue weighted by Gasteiger charge is 2.24. The van der Waals surface area contributed by atoms with Crippen LogP contribution >= 0.6 is 23.6 Å². The number of carbonyl (C=O) groups is 1. The van der Waals surface area contributed by atoms with Crippen molar-refractivity contribution in [2.45, 2.75) is 26.2 Å². The number of rotatable bonds is 3. The minimum atomic E-state index is -0.277. The Labute approximate surface area is 185 Å². The van der Waals surface area contributed by atoms with Crippen molar-refractivity contribution in [2.24, 2.45) is 5.92 Å². The number of nitrogens with zero attached hydrogens (tertiary/aromatic N) is 1. The lowest BCUT2D eigenvalue weighted by atomic mass is 9.89. The number of thiophene rings is 1. The number of hydrogen-bond donors (Lipinski definition) is 2. The zero-order valence-corrected chi connectivity index (χ0v) is 18.2. The Morgan fingerprint density at radius 2 is 1.83 bits per heavy atom. The molecule has 1 aromatic heterocycles. The zero-order chi connectivity index (χ0) is 21.1. The van der Waals surface area contributed by atoms with Crippen LogP contribution in [0.3, 0.4) is 0 Å². The number of nitrogens with one attached hydrogen (secondary N) is 2. The Morgan fingerprint density at radius 3 is 2.53 bits per heavy atom. The molecule has 2 aromatic carbocycles. The van der Waals surface area contributed by atoms with Crippen LogP contribution in [0.5, 0.6) is 0 Å². The molecule has 150 valence electrons. The number of benzene rings is 2. The van der Waals surface area contributed by atoms with E-state index in [0.717, 1.165) is 41.0 Å². The summed E-state index contributed by atoms with van der Waals surface area (Å²) in [6.45, 7) is 2.23. The summed E-state index contributed by atoms with van der Waals surface area (Å²) < 4.78 is 0. The first-order chi connectivity index (χ1) is 14.5. The van der Waals surface area contributed by atoms with Crippen molar-refractivity contribution in [3.05, 3.63) is 76.2 Å². The molecule has 1 aliphatic rings. The Kier molecular flexibility index (Phi) is 5.93. The van der Waals surface area contributed by atoms with E-state index in [0.29, 0.717) is 17.0 Å². The molecule has 0 radical (unpaired) electrons. The third kappa shape index (κ3) is 4.28. The van der Waals surface area contributed by atoms with Crippen molar-refractivity contribution in [1.82, 2.24) is 5.32 Å². The molecule has 0 fully saturated rings. The standard InChI is InChI=1S/C24H21N3OS2/c1-15-7-12-19-20(14-25)23(30-21(19)13-15)27-24(29)26-22(28)18-10-8-17(9-11-18)16-5-3-2-4-6-16/h2-6,8-11,15H,7,12-13H2,1H3,(H2,26,27,28,29). The molecule has 0 aliphatic heterocycles. The van der Waals surface area contributed by atoms with Crippen LogP contribution in [0.4, 0.5) is 5.00 Å². The minimum absolute atomic E-state index is 0.204. The Bertz CT molecular complexity index is 1130. The van der Waals surface area contributed by atoms with E-state index in [4.69, 9.17) is 12.2 Å². The summed E-state index contributed by atoms with van der Waals surface area (Å²) in [5.41, 5.74) is 4.46. The van der Waals surface area contributed by atoms with Crippen LogP contribution in [-0.2, 0) is 12.8 Å². The van der Waals surface area contributed by atoms with Gasteiger partial charge in [-0.05, 0) is 66.2 Å². The molecule has 2 N–H and O–H groups in total. The second kappa shape index (κ2) is 8.78. The fourth-order valence-electron chi connectivity index (χ4n) is 3.71. The highest BCUT2D eigenvalue weighted by molar-refractivity contribution is 7.80. The minimum Gasteiger partial charge on any atom is -0.323 e. The molecule has 1 heterocycles. The highest BCUT2D eigenvalue weighted by Crippen LogP contribution is 2.39. The van der Waals surface area contributed by atoms with E-state index in [1.54, 1.807) is 23.5 Å². The smallest absolute Gasteiger partial charge is 0.257 e. The molecule has 1 unspecified atom stereocenters. The second-order valence-electron chi connectivity index (χ2n) is 7.52. The van der Waals surface area contributed by atoms with Gasteiger partial charge in [-0.25, -0.2) is 0 Å². The average molecular weight is 432 g/mol. The lowest BCUT2D eigenvalue weighted by Crippen LogP contribution is -2.34. The summed E-state index contributed by atoms with van der Waals surface area (Å²) >= 11 is 6.91. The van der Waals surface area contributed by atoms with Crippen LogP contribution in [0.2, 0.25) is 0 Å². The van der Waals surface area contributed by atoms with Crippen LogP contribution in [0.25, 0.3) is 11.1 Å². The van der Waals surface area contributed by atoms with Gasteiger partial charge in [-0.1, -0.05) is 49.4 Å². The SMILES string of the molecule is CC1CCc2c(sc(NC(=S)NC(=O)c3ccc(-c4ccccc4)cc3)c2C#N)C1. The molecule has 3 aromatic rings. The van der Waals surface area contributed by atoms with E-state index < -0.39 is 0 Å². The first kappa shape index (κ1) is 20.3. The topological polar surface area (TPSA) is 64.9 Å². The van der Waals surface area contributed by atoms with Gasteiger partial charge in [0.2, 0.25) is 0 Å². The van der Waals surface area contributed by atoms with Gasteiger partial charge in [0.05, 0.1) is 5.56 Å². The molecule has 0 saturated carbocycles. The van der Waals surface area contributed by atoms with Gasteiger partial charge in [-0.15, -0.1) is 11.3 Å². The lowest BCUT2D eigenvalue weighted by Gasteiger charge is -2.17. The van der Waals surface area contributed by atoms with Crippen LogP contribution in [0, 0.1) is 17.2 Å². The first-order valence-corrected chi connectivity index (χ1v) is 11.1. The monoisotopic (exact) mass is 431 g/mol.